The van der Waals surface area contributed by atoms with Crippen molar-refractivity contribution in [2.24, 2.45) is 0 Å². The zero-order valence-electron chi connectivity index (χ0n) is 19.2. The molecule has 1 aliphatic rings. The standard InChI is InChI=1S/C26H35N3O3/c1-3-27(20-21(2)30)24(31)14-15-25(32)28-16-18-29(19-17-28)26(22-10-6-4-7-11-22)23-12-8-5-9-13-23/h4-13,21,26,30H,3,14-20H2,1-2H3/t21-/m1/s1. The topological polar surface area (TPSA) is 64.1 Å². The van der Waals surface area contributed by atoms with Gasteiger partial charge in [0.1, 0.15) is 0 Å². The molecule has 2 aromatic rings. The van der Waals surface area contributed by atoms with Gasteiger partial charge >= 0.3 is 0 Å². The van der Waals surface area contributed by atoms with Crippen molar-refractivity contribution in [3.05, 3.63) is 71.8 Å². The summed E-state index contributed by atoms with van der Waals surface area (Å²) in [5.41, 5.74) is 2.50. The van der Waals surface area contributed by atoms with Gasteiger partial charge in [0.05, 0.1) is 12.1 Å². The van der Waals surface area contributed by atoms with Crippen LogP contribution in [0.3, 0.4) is 0 Å². The monoisotopic (exact) mass is 437 g/mol. The first-order chi connectivity index (χ1) is 15.5. The molecule has 0 aliphatic carbocycles. The normalized spacial score (nSPS) is 15.6. The molecule has 1 fully saturated rings. The van der Waals surface area contributed by atoms with Crippen molar-refractivity contribution in [1.29, 1.82) is 0 Å². The lowest BCUT2D eigenvalue weighted by molar-refractivity contribution is -0.138. The van der Waals surface area contributed by atoms with Crippen molar-refractivity contribution >= 4 is 11.8 Å². The molecule has 2 amide bonds. The number of piperazine rings is 1. The highest BCUT2D eigenvalue weighted by molar-refractivity contribution is 5.84. The second-order valence-corrected chi connectivity index (χ2v) is 8.42. The molecule has 0 saturated carbocycles. The number of aliphatic hydroxyl groups excluding tert-OH is 1. The van der Waals surface area contributed by atoms with Gasteiger partial charge in [0.15, 0.2) is 0 Å². The SMILES string of the molecule is CCN(C[C@@H](C)O)C(=O)CCC(=O)N1CCN(C(c2ccccc2)c2ccccc2)CC1. The van der Waals surface area contributed by atoms with Gasteiger partial charge in [-0.15, -0.1) is 0 Å². The summed E-state index contributed by atoms with van der Waals surface area (Å²) in [5, 5.41) is 9.54. The number of hydrogen-bond acceptors (Lipinski definition) is 4. The Bertz CT molecular complexity index is 810. The van der Waals surface area contributed by atoms with Crippen molar-refractivity contribution in [3.63, 3.8) is 0 Å². The van der Waals surface area contributed by atoms with Crippen LogP contribution in [0.4, 0.5) is 0 Å². The van der Waals surface area contributed by atoms with Gasteiger partial charge in [-0.25, -0.2) is 0 Å². The van der Waals surface area contributed by atoms with Crippen LogP contribution in [-0.4, -0.2) is 77.0 Å². The van der Waals surface area contributed by atoms with E-state index in [9.17, 15) is 14.7 Å². The third kappa shape index (κ3) is 6.40. The van der Waals surface area contributed by atoms with E-state index in [1.54, 1.807) is 11.8 Å². The lowest BCUT2D eigenvalue weighted by atomic mass is 9.96. The molecule has 32 heavy (non-hydrogen) atoms. The lowest BCUT2D eigenvalue weighted by Gasteiger charge is -2.40. The number of carbonyl (C=O) groups is 2. The van der Waals surface area contributed by atoms with Crippen LogP contribution in [0, 0.1) is 0 Å². The average Bonchev–Trinajstić information content (AvgIpc) is 2.82. The number of rotatable bonds is 9. The summed E-state index contributed by atoms with van der Waals surface area (Å²) < 4.78 is 0. The van der Waals surface area contributed by atoms with E-state index in [1.807, 2.05) is 24.0 Å². The molecule has 0 radical (unpaired) electrons. The van der Waals surface area contributed by atoms with Crippen molar-refractivity contribution in [2.75, 3.05) is 39.3 Å². The van der Waals surface area contributed by atoms with Crippen molar-refractivity contribution < 1.29 is 14.7 Å². The Morgan fingerprint density at radius 2 is 1.44 bits per heavy atom. The van der Waals surface area contributed by atoms with Crippen molar-refractivity contribution in [1.82, 2.24) is 14.7 Å². The van der Waals surface area contributed by atoms with E-state index in [0.29, 0.717) is 26.2 Å². The highest BCUT2D eigenvalue weighted by atomic mass is 16.3. The molecule has 0 aromatic heterocycles. The van der Waals surface area contributed by atoms with Gasteiger partial charge in [0.25, 0.3) is 0 Å². The highest BCUT2D eigenvalue weighted by Gasteiger charge is 2.28. The molecule has 2 aromatic carbocycles. The average molecular weight is 438 g/mol. The maximum atomic E-state index is 12.7. The fourth-order valence-electron chi connectivity index (χ4n) is 4.37. The highest BCUT2D eigenvalue weighted by Crippen LogP contribution is 2.29. The van der Waals surface area contributed by atoms with E-state index >= 15 is 0 Å². The number of nitrogens with zero attached hydrogens (tertiary/aromatic N) is 3. The van der Waals surface area contributed by atoms with Gasteiger partial charge in [-0.3, -0.25) is 14.5 Å². The Morgan fingerprint density at radius 3 is 1.91 bits per heavy atom. The number of likely N-dealkylation sites (N-methyl/N-ethyl adjacent to an activating group) is 1. The quantitative estimate of drug-likeness (QED) is 0.655. The minimum absolute atomic E-state index is 0.0297. The molecule has 172 valence electrons. The smallest absolute Gasteiger partial charge is 0.223 e. The maximum absolute atomic E-state index is 12.7. The number of carbonyl (C=O) groups excluding carboxylic acids is 2. The summed E-state index contributed by atoms with van der Waals surface area (Å²) in [5.74, 6) is -0.0457. The van der Waals surface area contributed by atoms with Crippen LogP contribution >= 0.6 is 0 Å². The largest absolute Gasteiger partial charge is 0.392 e. The van der Waals surface area contributed by atoms with Gasteiger partial charge in [0, 0.05) is 52.1 Å². The van der Waals surface area contributed by atoms with E-state index in [4.69, 9.17) is 0 Å². The van der Waals surface area contributed by atoms with Gasteiger partial charge in [-0.05, 0) is 25.0 Å². The van der Waals surface area contributed by atoms with Crippen LogP contribution in [0.25, 0.3) is 0 Å². The van der Waals surface area contributed by atoms with Crippen molar-refractivity contribution in [3.8, 4) is 0 Å². The van der Waals surface area contributed by atoms with Crippen LogP contribution in [0.2, 0.25) is 0 Å². The summed E-state index contributed by atoms with van der Waals surface area (Å²) >= 11 is 0. The summed E-state index contributed by atoms with van der Waals surface area (Å²) in [4.78, 5) is 31.0. The number of hydrogen-bond donors (Lipinski definition) is 1. The zero-order chi connectivity index (χ0) is 22.9. The van der Waals surface area contributed by atoms with E-state index in [1.165, 1.54) is 11.1 Å². The maximum Gasteiger partial charge on any atom is 0.223 e. The molecule has 1 N–H and O–H groups in total. The molecule has 0 unspecified atom stereocenters. The third-order valence-corrected chi connectivity index (χ3v) is 6.03. The third-order valence-electron chi connectivity index (χ3n) is 6.03. The van der Waals surface area contributed by atoms with E-state index in [2.05, 4.69) is 53.4 Å². The second kappa shape index (κ2) is 11.8. The first-order valence-electron chi connectivity index (χ1n) is 11.6. The first-order valence-corrected chi connectivity index (χ1v) is 11.6. The van der Waals surface area contributed by atoms with Gasteiger partial charge in [0.2, 0.25) is 11.8 Å². The Kier molecular flexibility index (Phi) is 8.82. The molecular formula is C26H35N3O3. The molecule has 3 rings (SSSR count). The molecule has 0 bridgehead atoms. The Labute approximate surface area is 191 Å². The van der Waals surface area contributed by atoms with Crippen LogP contribution in [0.5, 0.6) is 0 Å². The first kappa shape index (κ1) is 24.0. The number of benzene rings is 2. The fourth-order valence-corrected chi connectivity index (χ4v) is 4.37. The van der Waals surface area contributed by atoms with E-state index in [0.717, 1.165) is 13.1 Å². The molecule has 6 heteroatoms. The molecule has 1 atom stereocenters. The number of aliphatic hydroxyl groups is 1. The Balaban J connectivity index is 1.57. The predicted octanol–water partition coefficient (Wildman–Crippen LogP) is 2.93. The van der Waals surface area contributed by atoms with E-state index < -0.39 is 6.10 Å². The summed E-state index contributed by atoms with van der Waals surface area (Å²) in [7, 11) is 0. The Morgan fingerprint density at radius 1 is 0.906 bits per heavy atom. The van der Waals surface area contributed by atoms with Crippen LogP contribution in [0.15, 0.2) is 60.7 Å². The van der Waals surface area contributed by atoms with Crippen LogP contribution < -0.4 is 0 Å². The number of amides is 2. The second-order valence-electron chi connectivity index (χ2n) is 8.42. The van der Waals surface area contributed by atoms with Crippen LogP contribution in [0.1, 0.15) is 43.9 Å². The van der Waals surface area contributed by atoms with Crippen molar-refractivity contribution in [2.45, 2.75) is 38.8 Å². The molecule has 6 nitrogen and oxygen atoms in total. The Hall–Kier alpha value is -2.70. The summed E-state index contributed by atoms with van der Waals surface area (Å²) in [6, 6.07) is 21.1. The lowest BCUT2D eigenvalue weighted by Crippen LogP contribution is -2.50. The molecule has 1 heterocycles. The molecule has 1 saturated heterocycles. The minimum Gasteiger partial charge on any atom is -0.392 e. The molecular weight excluding hydrogens is 402 g/mol. The van der Waals surface area contributed by atoms with Crippen LogP contribution in [-0.2, 0) is 9.59 Å². The van der Waals surface area contributed by atoms with E-state index in [-0.39, 0.29) is 30.7 Å². The van der Waals surface area contributed by atoms with Gasteiger partial charge in [-0.1, -0.05) is 60.7 Å². The zero-order valence-corrected chi connectivity index (χ0v) is 19.2. The molecule has 1 aliphatic heterocycles. The summed E-state index contributed by atoms with van der Waals surface area (Å²) in [6.45, 7) is 7.30. The van der Waals surface area contributed by atoms with Gasteiger partial charge < -0.3 is 14.9 Å². The minimum atomic E-state index is -0.565. The van der Waals surface area contributed by atoms with Gasteiger partial charge in [-0.2, -0.15) is 0 Å². The fraction of sp³-hybridized carbons (Fsp3) is 0.462. The summed E-state index contributed by atoms with van der Waals surface area (Å²) in [6.07, 6.45) is -0.156. The molecule has 0 spiro atoms. The predicted molar refractivity (Wildman–Crippen MR) is 126 cm³/mol.